The number of aliphatic hydroxyl groups is 1. The van der Waals surface area contributed by atoms with Crippen molar-refractivity contribution in [2.45, 2.75) is 174 Å². The van der Waals surface area contributed by atoms with Gasteiger partial charge in [-0.15, -0.1) is 0 Å². The highest BCUT2D eigenvalue weighted by atomic mass is 31.2. The maximum absolute atomic E-state index is 12.6. The van der Waals surface area contributed by atoms with E-state index in [9.17, 15) is 19.4 Å². The Morgan fingerprint density at radius 3 is 1.75 bits per heavy atom. The van der Waals surface area contributed by atoms with Crippen LogP contribution in [0.1, 0.15) is 162 Å². The molecule has 0 rings (SSSR count). The van der Waals surface area contributed by atoms with Gasteiger partial charge in [-0.25, -0.2) is 4.57 Å². The fourth-order valence-corrected chi connectivity index (χ4v) is 5.79. The van der Waals surface area contributed by atoms with Gasteiger partial charge in [-0.3, -0.25) is 13.8 Å². The monoisotopic (exact) mass is 644 g/mol. The largest absolute Gasteiger partial charge is 0.472 e. The third kappa shape index (κ3) is 29.7. The number of nitrogens with one attached hydrogen (secondary N) is 1. The first kappa shape index (κ1) is 43.0. The number of amides is 1. The van der Waals surface area contributed by atoms with Crippen molar-refractivity contribution in [1.82, 2.24) is 5.32 Å². The normalized spacial score (nSPS) is 14.8. The number of hydrogen-bond acceptors (Lipinski definition) is 6. The molecule has 3 atom stereocenters. The van der Waals surface area contributed by atoms with Crippen molar-refractivity contribution in [2.75, 3.05) is 19.8 Å². The Bertz CT molecular complexity index is 749. The number of unbranched alkanes of at least 4 members (excludes halogenated alkanes) is 19. The smallest absolute Gasteiger partial charge is 0.387 e. The number of allylic oxidation sites excluding steroid dienone is 3. The maximum Gasteiger partial charge on any atom is 0.472 e. The van der Waals surface area contributed by atoms with Crippen LogP contribution in [0.4, 0.5) is 0 Å². The Hall–Kier alpha value is -1.02. The molecule has 3 unspecified atom stereocenters. The highest BCUT2D eigenvalue weighted by molar-refractivity contribution is 7.47. The van der Waals surface area contributed by atoms with Gasteiger partial charge in [-0.05, 0) is 32.1 Å². The molecule has 44 heavy (non-hydrogen) atoms. The number of carbonyl (C=O) groups excluding carboxylic acids is 1. The van der Waals surface area contributed by atoms with E-state index in [0.717, 1.165) is 38.5 Å². The minimum Gasteiger partial charge on any atom is -0.387 e. The number of carbonyl (C=O) groups is 1. The minimum absolute atomic E-state index is 0.0753. The average Bonchev–Trinajstić information content (AvgIpc) is 3.01. The Morgan fingerprint density at radius 1 is 0.727 bits per heavy atom. The number of rotatable bonds is 33. The van der Waals surface area contributed by atoms with E-state index in [1.165, 1.54) is 103 Å². The molecule has 0 aromatic rings. The summed E-state index contributed by atoms with van der Waals surface area (Å²) in [6.07, 6.45) is 33.7. The summed E-state index contributed by atoms with van der Waals surface area (Å²) >= 11 is 0. The van der Waals surface area contributed by atoms with Crippen molar-refractivity contribution >= 4 is 13.7 Å². The van der Waals surface area contributed by atoms with Gasteiger partial charge in [-0.2, -0.15) is 0 Å². The van der Waals surface area contributed by atoms with Crippen LogP contribution < -0.4 is 11.1 Å². The third-order valence-corrected chi connectivity index (χ3v) is 8.76. The molecule has 9 heteroatoms. The van der Waals surface area contributed by atoms with Crippen molar-refractivity contribution in [3.05, 3.63) is 24.3 Å². The molecular formula is C35H69N2O6P. The molecule has 0 spiro atoms. The lowest BCUT2D eigenvalue weighted by molar-refractivity contribution is -0.123. The lowest BCUT2D eigenvalue weighted by Gasteiger charge is -2.23. The van der Waals surface area contributed by atoms with Gasteiger partial charge in [-0.1, -0.05) is 147 Å². The Balaban J connectivity index is 4.32. The third-order valence-electron chi connectivity index (χ3n) is 7.78. The minimum atomic E-state index is -4.33. The molecular weight excluding hydrogens is 575 g/mol. The first-order valence-electron chi connectivity index (χ1n) is 18.0. The van der Waals surface area contributed by atoms with Crippen molar-refractivity contribution < 1.29 is 28.4 Å². The van der Waals surface area contributed by atoms with Crippen LogP contribution in [0.3, 0.4) is 0 Å². The van der Waals surface area contributed by atoms with Crippen LogP contribution in [-0.2, 0) is 18.4 Å². The van der Waals surface area contributed by atoms with E-state index in [-0.39, 0.29) is 25.7 Å². The molecule has 0 saturated carbocycles. The van der Waals surface area contributed by atoms with Gasteiger partial charge in [0.2, 0.25) is 5.91 Å². The van der Waals surface area contributed by atoms with E-state index >= 15 is 0 Å². The molecule has 260 valence electrons. The highest BCUT2D eigenvalue weighted by Crippen LogP contribution is 2.43. The highest BCUT2D eigenvalue weighted by Gasteiger charge is 2.26. The fourth-order valence-electron chi connectivity index (χ4n) is 5.03. The van der Waals surface area contributed by atoms with Gasteiger partial charge >= 0.3 is 7.82 Å². The average molecular weight is 645 g/mol. The molecule has 0 heterocycles. The van der Waals surface area contributed by atoms with Gasteiger partial charge < -0.3 is 21.1 Å². The quantitative estimate of drug-likeness (QED) is 0.0318. The molecule has 0 aromatic heterocycles. The zero-order valence-corrected chi connectivity index (χ0v) is 29.3. The molecule has 0 aliphatic rings. The van der Waals surface area contributed by atoms with Crippen molar-refractivity contribution in [2.24, 2.45) is 5.73 Å². The van der Waals surface area contributed by atoms with Crippen molar-refractivity contribution in [3.8, 4) is 0 Å². The first-order valence-corrected chi connectivity index (χ1v) is 19.5. The van der Waals surface area contributed by atoms with Gasteiger partial charge in [0, 0.05) is 13.0 Å². The maximum atomic E-state index is 12.6. The van der Waals surface area contributed by atoms with E-state index in [2.05, 4.69) is 31.3 Å². The van der Waals surface area contributed by atoms with Crippen LogP contribution >= 0.6 is 7.82 Å². The summed E-state index contributed by atoms with van der Waals surface area (Å²) in [5.74, 6) is -0.206. The summed E-state index contributed by atoms with van der Waals surface area (Å²) in [4.78, 5) is 22.5. The van der Waals surface area contributed by atoms with Crippen LogP contribution in [0.2, 0.25) is 0 Å². The molecule has 0 aromatic carbocycles. The Labute approximate surface area is 270 Å². The molecule has 0 radical (unpaired) electrons. The summed E-state index contributed by atoms with van der Waals surface area (Å²) in [6, 6.07) is -0.869. The second kappa shape index (κ2) is 31.9. The molecule has 0 aliphatic heterocycles. The number of aliphatic hydroxyl groups excluding tert-OH is 1. The number of hydrogen-bond donors (Lipinski definition) is 4. The summed E-state index contributed by atoms with van der Waals surface area (Å²) in [6.45, 7) is 4.06. The molecule has 1 amide bonds. The molecule has 0 saturated heterocycles. The summed E-state index contributed by atoms with van der Waals surface area (Å²) in [7, 11) is -4.33. The molecule has 0 fully saturated rings. The van der Waals surface area contributed by atoms with Crippen LogP contribution in [0, 0.1) is 0 Å². The van der Waals surface area contributed by atoms with E-state index in [1.807, 2.05) is 6.08 Å². The van der Waals surface area contributed by atoms with Gasteiger partial charge in [0.05, 0.1) is 25.4 Å². The van der Waals surface area contributed by atoms with E-state index < -0.39 is 20.0 Å². The number of phosphoric acid groups is 1. The van der Waals surface area contributed by atoms with Crippen LogP contribution in [0.5, 0.6) is 0 Å². The van der Waals surface area contributed by atoms with Gasteiger partial charge in [0.25, 0.3) is 0 Å². The molecule has 5 N–H and O–H groups in total. The topological polar surface area (TPSA) is 131 Å². The van der Waals surface area contributed by atoms with Crippen molar-refractivity contribution in [1.29, 1.82) is 0 Å². The zero-order chi connectivity index (χ0) is 32.6. The second-order valence-electron chi connectivity index (χ2n) is 12.1. The molecule has 0 aliphatic carbocycles. The molecule has 0 bridgehead atoms. The van der Waals surface area contributed by atoms with Crippen LogP contribution in [0.15, 0.2) is 24.3 Å². The number of nitrogens with two attached hydrogens (primary N) is 1. The fraction of sp³-hybridized carbons (Fsp3) is 0.857. The van der Waals surface area contributed by atoms with Crippen LogP contribution in [-0.4, -0.2) is 47.8 Å². The Kier molecular flexibility index (Phi) is 31.2. The Morgan fingerprint density at radius 2 is 1.20 bits per heavy atom. The van der Waals surface area contributed by atoms with Crippen molar-refractivity contribution in [3.63, 3.8) is 0 Å². The second-order valence-corrected chi connectivity index (χ2v) is 13.5. The van der Waals surface area contributed by atoms with Crippen LogP contribution in [0.25, 0.3) is 0 Å². The lowest BCUT2D eigenvalue weighted by atomic mass is 10.0. The van der Waals surface area contributed by atoms with E-state index in [1.54, 1.807) is 6.08 Å². The SMILES string of the molecule is CCCCCC/C=C/CC/C=C/C(O)C(COP(=O)(O)OCCN)NC(=O)CCCCCCCCCCCCCCCCC. The van der Waals surface area contributed by atoms with E-state index in [0.29, 0.717) is 6.42 Å². The standard InChI is InChI=1S/C35H69N2O6P/c1-3-5-7-9-11-13-15-16-17-18-19-21-23-25-27-29-35(39)37-33(32-43-44(40,41)42-31-30-36)34(38)28-26-24-22-20-14-12-10-8-6-4-2/h14,20,26,28,33-34,38H,3-13,15-19,21-25,27,29-32,36H2,1-2H3,(H,37,39)(H,40,41)/b20-14+,28-26+. The predicted molar refractivity (Wildman–Crippen MR) is 185 cm³/mol. The lowest BCUT2D eigenvalue weighted by Crippen LogP contribution is -2.45. The summed E-state index contributed by atoms with van der Waals surface area (Å²) < 4.78 is 21.9. The first-order chi connectivity index (χ1) is 21.4. The predicted octanol–water partition coefficient (Wildman–Crippen LogP) is 9.05. The number of phosphoric ester groups is 1. The van der Waals surface area contributed by atoms with E-state index in [4.69, 9.17) is 14.8 Å². The summed E-state index contributed by atoms with van der Waals surface area (Å²) in [5.41, 5.74) is 5.34. The summed E-state index contributed by atoms with van der Waals surface area (Å²) in [5, 5.41) is 13.5. The van der Waals surface area contributed by atoms with Gasteiger partial charge in [0.15, 0.2) is 0 Å². The molecule has 8 nitrogen and oxygen atoms in total. The zero-order valence-electron chi connectivity index (χ0n) is 28.4. The van der Waals surface area contributed by atoms with Gasteiger partial charge in [0.1, 0.15) is 0 Å².